The van der Waals surface area contributed by atoms with Gasteiger partial charge in [-0.3, -0.25) is 4.79 Å². The van der Waals surface area contributed by atoms with Gasteiger partial charge < -0.3 is 19.5 Å². The second-order valence-electron chi connectivity index (χ2n) is 6.74. The molecule has 0 saturated carbocycles. The summed E-state index contributed by atoms with van der Waals surface area (Å²) >= 11 is 0. The minimum atomic E-state index is -0.746. The van der Waals surface area contributed by atoms with Crippen molar-refractivity contribution in [2.24, 2.45) is 0 Å². The molecule has 2 aliphatic rings. The average Bonchev–Trinajstić information content (AvgIpc) is 3.14. The highest BCUT2D eigenvalue weighted by molar-refractivity contribution is 5.77. The predicted octanol–water partition coefficient (Wildman–Crippen LogP) is 2.92. The smallest absolute Gasteiger partial charge is 0.220 e. The van der Waals surface area contributed by atoms with Crippen LogP contribution in [0.1, 0.15) is 44.1 Å². The summed E-state index contributed by atoms with van der Waals surface area (Å²) in [4.78, 5) is 12.6. The zero-order valence-electron chi connectivity index (χ0n) is 14.7. The van der Waals surface area contributed by atoms with Crippen LogP contribution >= 0.6 is 0 Å². The SMILES string of the molecule is COc1cccc(C2(NC(=O)CCC3CCCO3)CCOCC2)c1F. The molecule has 0 aliphatic carbocycles. The summed E-state index contributed by atoms with van der Waals surface area (Å²) in [6.45, 7) is 1.76. The molecule has 2 aliphatic heterocycles. The lowest BCUT2D eigenvalue weighted by Gasteiger charge is -2.39. The van der Waals surface area contributed by atoms with Crippen molar-refractivity contribution in [2.45, 2.75) is 50.2 Å². The van der Waals surface area contributed by atoms with E-state index in [0.717, 1.165) is 19.4 Å². The van der Waals surface area contributed by atoms with Crippen LogP contribution in [0.5, 0.6) is 5.75 Å². The molecule has 0 aromatic heterocycles. The third kappa shape index (κ3) is 4.12. The number of amides is 1. The van der Waals surface area contributed by atoms with E-state index >= 15 is 0 Å². The maximum absolute atomic E-state index is 14.8. The third-order valence-electron chi connectivity index (χ3n) is 5.14. The molecule has 2 heterocycles. The molecule has 138 valence electrons. The van der Waals surface area contributed by atoms with Crippen molar-refractivity contribution in [3.63, 3.8) is 0 Å². The van der Waals surface area contributed by atoms with E-state index in [1.54, 1.807) is 18.2 Å². The summed E-state index contributed by atoms with van der Waals surface area (Å²) in [6.07, 6.45) is 4.42. The molecule has 5 nitrogen and oxygen atoms in total. The largest absolute Gasteiger partial charge is 0.494 e. The van der Waals surface area contributed by atoms with Crippen molar-refractivity contribution in [1.82, 2.24) is 5.32 Å². The van der Waals surface area contributed by atoms with Gasteiger partial charge in [-0.15, -0.1) is 0 Å². The fourth-order valence-corrected chi connectivity index (χ4v) is 3.71. The summed E-state index contributed by atoms with van der Waals surface area (Å²) < 4.78 is 31.0. The molecule has 0 bridgehead atoms. The molecule has 0 radical (unpaired) electrons. The number of hydrogen-bond donors (Lipinski definition) is 1. The molecule has 0 spiro atoms. The van der Waals surface area contributed by atoms with Crippen LogP contribution in [0.4, 0.5) is 4.39 Å². The van der Waals surface area contributed by atoms with Crippen molar-refractivity contribution in [2.75, 3.05) is 26.9 Å². The van der Waals surface area contributed by atoms with E-state index in [9.17, 15) is 9.18 Å². The van der Waals surface area contributed by atoms with Crippen molar-refractivity contribution in [3.05, 3.63) is 29.6 Å². The predicted molar refractivity (Wildman–Crippen MR) is 91.0 cm³/mol. The van der Waals surface area contributed by atoms with Crippen molar-refractivity contribution >= 4 is 5.91 Å². The molecule has 2 saturated heterocycles. The minimum absolute atomic E-state index is 0.0698. The van der Waals surface area contributed by atoms with E-state index in [1.807, 2.05) is 0 Å². The van der Waals surface area contributed by atoms with Crippen molar-refractivity contribution in [1.29, 1.82) is 0 Å². The van der Waals surface area contributed by atoms with Crippen molar-refractivity contribution < 1.29 is 23.4 Å². The molecule has 1 amide bonds. The number of ether oxygens (including phenoxy) is 3. The van der Waals surface area contributed by atoms with Gasteiger partial charge in [0.1, 0.15) is 0 Å². The van der Waals surface area contributed by atoms with Crippen LogP contribution in [0.25, 0.3) is 0 Å². The van der Waals surface area contributed by atoms with Crippen LogP contribution in [0.2, 0.25) is 0 Å². The van der Waals surface area contributed by atoms with Gasteiger partial charge in [-0.2, -0.15) is 0 Å². The first-order valence-electron chi connectivity index (χ1n) is 8.98. The number of nitrogens with one attached hydrogen (secondary N) is 1. The van der Waals surface area contributed by atoms with E-state index in [2.05, 4.69) is 5.32 Å². The summed E-state index contributed by atoms with van der Waals surface area (Å²) in [5.74, 6) is -0.289. The van der Waals surface area contributed by atoms with Gasteiger partial charge in [0.25, 0.3) is 0 Å². The molecule has 1 aromatic rings. The van der Waals surface area contributed by atoms with Gasteiger partial charge in [-0.05, 0) is 38.2 Å². The van der Waals surface area contributed by atoms with E-state index in [0.29, 0.717) is 44.5 Å². The topological polar surface area (TPSA) is 56.8 Å². The zero-order chi connectivity index (χ0) is 17.7. The number of rotatable bonds is 6. The lowest BCUT2D eigenvalue weighted by molar-refractivity contribution is -0.125. The quantitative estimate of drug-likeness (QED) is 0.856. The summed E-state index contributed by atoms with van der Waals surface area (Å²) in [5, 5.41) is 3.09. The minimum Gasteiger partial charge on any atom is -0.494 e. The highest BCUT2D eigenvalue weighted by atomic mass is 19.1. The van der Waals surface area contributed by atoms with Crippen LogP contribution < -0.4 is 10.1 Å². The molecular formula is C19H26FNO4. The van der Waals surface area contributed by atoms with E-state index in [4.69, 9.17) is 14.2 Å². The highest BCUT2D eigenvalue weighted by Crippen LogP contribution is 2.36. The first kappa shape index (κ1) is 18.1. The Balaban J connectivity index is 1.75. The number of carbonyl (C=O) groups excluding carboxylic acids is 1. The molecule has 1 unspecified atom stereocenters. The standard InChI is InChI=1S/C19H26FNO4/c1-23-16-6-2-5-15(18(16)20)19(9-12-24-13-10-19)21-17(22)8-7-14-4-3-11-25-14/h2,5-6,14H,3-4,7-13H2,1H3,(H,21,22). The van der Waals surface area contributed by atoms with Gasteiger partial charge in [-0.1, -0.05) is 12.1 Å². The van der Waals surface area contributed by atoms with Crippen molar-refractivity contribution in [3.8, 4) is 5.75 Å². The monoisotopic (exact) mass is 351 g/mol. The Labute approximate surface area is 147 Å². The number of carbonyl (C=O) groups is 1. The third-order valence-corrected chi connectivity index (χ3v) is 5.14. The normalized spacial score (nSPS) is 22.6. The van der Waals surface area contributed by atoms with E-state index in [-0.39, 0.29) is 17.8 Å². The van der Waals surface area contributed by atoms with Crippen LogP contribution in [-0.2, 0) is 19.8 Å². The fourth-order valence-electron chi connectivity index (χ4n) is 3.71. The number of hydrogen-bond acceptors (Lipinski definition) is 4. The Morgan fingerprint density at radius 1 is 1.36 bits per heavy atom. The molecular weight excluding hydrogens is 325 g/mol. The summed E-state index contributed by atoms with van der Waals surface area (Å²) in [7, 11) is 1.44. The number of methoxy groups -OCH3 is 1. The average molecular weight is 351 g/mol. The maximum atomic E-state index is 14.8. The van der Waals surface area contributed by atoms with Crippen LogP contribution in [0.3, 0.4) is 0 Å². The lowest BCUT2D eigenvalue weighted by atomic mass is 9.82. The number of benzene rings is 1. The van der Waals surface area contributed by atoms with E-state index < -0.39 is 11.4 Å². The van der Waals surface area contributed by atoms with Crippen LogP contribution in [0.15, 0.2) is 18.2 Å². The molecule has 3 rings (SSSR count). The Kier molecular flexibility index (Phi) is 5.91. The highest BCUT2D eigenvalue weighted by Gasteiger charge is 2.38. The molecule has 1 aromatic carbocycles. The maximum Gasteiger partial charge on any atom is 0.220 e. The second kappa shape index (κ2) is 8.15. The van der Waals surface area contributed by atoms with Crippen LogP contribution in [-0.4, -0.2) is 38.9 Å². The van der Waals surface area contributed by atoms with Gasteiger partial charge in [0.2, 0.25) is 5.91 Å². The molecule has 2 fully saturated rings. The summed E-state index contributed by atoms with van der Waals surface area (Å²) in [5.41, 5.74) is -0.273. The van der Waals surface area contributed by atoms with Gasteiger partial charge in [0.15, 0.2) is 11.6 Å². The first-order valence-corrected chi connectivity index (χ1v) is 8.98. The van der Waals surface area contributed by atoms with Gasteiger partial charge in [0, 0.05) is 31.8 Å². The number of halogens is 1. The first-order chi connectivity index (χ1) is 12.1. The molecule has 1 atom stereocenters. The Morgan fingerprint density at radius 2 is 2.16 bits per heavy atom. The second-order valence-corrected chi connectivity index (χ2v) is 6.74. The molecule has 25 heavy (non-hydrogen) atoms. The Morgan fingerprint density at radius 3 is 2.84 bits per heavy atom. The van der Waals surface area contributed by atoms with E-state index in [1.165, 1.54) is 7.11 Å². The Bertz CT molecular complexity index is 595. The van der Waals surface area contributed by atoms with Crippen LogP contribution in [0, 0.1) is 5.82 Å². The lowest BCUT2D eigenvalue weighted by Crippen LogP contribution is -2.50. The summed E-state index contributed by atoms with van der Waals surface area (Å²) in [6, 6.07) is 5.07. The molecule has 6 heteroatoms. The fraction of sp³-hybridized carbons (Fsp3) is 0.632. The zero-order valence-corrected chi connectivity index (χ0v) is 14.7. The Hall–Kier alpha value is -1.66. The van der Waals surface area contributed by atoms with Gasteiger partial charge >= 0.3 is 0 Å². The van der Waals surface area contributed by atoms with Gasteiger partial charge in [0.05, 0.1) is 18.8 Å². The molecule has 1 N–H and O–H groups in total. The van der Waals surface area contributed by atoms with Gasteiger partial charge in [-0.25, -0.2) is 4.39 Å².